The molecule has 0 amide bonds. The number of aryl methyl sites for hydroxylation is 1. The highest BCUT2D eigenvalue weighted by Crippen LogP contribution is 2.27. The van der Waals surface area contributed by atoms with Crippen LogP contribution in [0.2, 0.25) is 0 Å². The molecule has 1 aliphatic heterocycles. The first-order valence-corrected chi connectivity index (χ1v) is 7.36. The first-order valence-electron chi connectivity index (χ1n) is 7.36. The fraction of sp³-hybridized carbons (Fsp3) is 0.333. The highest BCUT2D eigenvalue weighted by molar-refractivity contribution is 5.35. The molecule has 1 unspecified atom stereocenters. The Morgan fingerprint density at radius 2 is 1.85 bits per heavy atom. The van der Waals surface area contributed by atoms with Crippen LogP contribution in [0.5, 0.6) is 5.75 Å². The van der Waals surface area contributed by atoms with Crippen LogP contribution in [0, 0.1) is 0 Å². The lowest BCUT2D eigenvalue weighted by molar-refractivity contribution is 0.167. The number of nitrogens with one attached hydrogen (secondary N) is 1. The van der Waals surface area contributed by atoms with Crippen LogP contribution in [0.15, 0.2) is 54.6 Å². The summed E-state index contributed by atoms with van der Waals surface area (Å²) in [7, 11) is 0. The highest BCUT2D eigenvalue weighted by Gasteiger charge is 2.19. The molecule has 2 aromatic carbocycles. The molecule has 2 heteroatoms. The smallest absolute Gasteiger partial charge is 0.122 e. The summed E-state index contributed by atoms with van der Waals surface area (Å²) < 4.78 is 6.06. The van der Waals surface area contributed by atoms with Gasteiger partial charge in [-0.15, -0.1) is 0 Å². The Kier molecular flexibility index (Phi) is 4.03. The second kappa shape index (κ2) is 6.10. The molecule has 2 aromatic rings. The van der Waals surface area contributed by atoms with Crippen LogP contribution in [0.1, 0.15) is 30.5 Å². The number of rotatable bonds is 4. The van der Waals surface area contributed by atoms with Crippen LogP contribution in [0.4, 0.5) is 0 Å². The zero-order valence-electron chi connectivity index (χ0n) is 11.9. The van der Waals surface area contributed by atoms with Crippen molar-refractivity contribution in [1.29, 1.82) is 0 Å². The van der Waals surface area contributed by atoms with Gasteiger partial charge in [0.05, 0.1) is 0 Å². The van der Waals surface area contributed by atoms with Gasteiger partial charge in [0.1, 0.15) is 11.9 Å². The van der Waals surface area contributed by atoms with Gasteiger partial charge in [-0.25, -0.2) is 0 Å². The van der Waals surface area contributed by atoms with E-state index < -0.39 is 0 Å². The largest absolute Gasteiger partial charge is 0.489 e. The molecule has 2 nitrogen and oxygen atoms in total. The lowest BCUT2D eigenvalue weighted by atomic mass is 10.0. The molecular weight excluding hydrogens is 246 g/mol. The Hall–Kier alpha value is -1.80. The molecule has 1 heterocycles. The molecular formula is C18H21NO. The maximum atomic E-state index is 6.06. The van der Waals surface area contributed by atoms with Crippen molar-refractivity contribution >= 4 is 0 Å². The zero-order valence-corrected chi connectivity index (χ0v) is 11.9. The van der Waals surface area contributed by atoms with Crippen LogP contribution in [-0.2, 0) is 6.42 Å². The Morgan fingerprint density at radius 3 is 2.70 bits per heavy atom. The van der Waals surface area contributed by atoms with Gasteiger partial charge in [-0.1, -0.05) is 48.5 Å². The van der Waals surface area contributed by atoms with Crippen molar-refractivity contribution in [3.05, 3.63) is 65.7 Å². The van der Waals surface area contributed by atoms with Crippen molar-refractivity contribution in [3.63, 3.8) is 0 Å². The maximum absolute atomic E-state index is 6.06. The Labute approximate surface area is 120 Å². The summed E-state index contributed by atoms with van der Waals surface area (Å²) in [5, 5.41) is 3.57. The fourth-order valence-corrected chi connectivity index (χ4v) is 2.69. The van der Waals surface area contributed by atoms with E-state index in [1.54, 1.807) is 0 Å². The van der Waals surface area contributed by atoms with E-state index in [0.717, 1.165) is 25.1 Å². The summed E-state index contributed by atoms with van der Waals surface area (Å²) in [4.78, 5) is 0. The van der Waals surface area contributed by atoms with E-state index in [9.17, 15) is 0 Å². The molecule has 0 saturated heterocycles. The first-order chi connectivity index (χ1) is 9.83. The van der Waals surface area contributed by atoms with Gasteiger partial charge in [0.15, 0.2) is 0 Å². The van der Waals surface area contributed by atoms with Gasteiger partial charge in [-0.2, -0.15) is 0 Å². The van der Waals surface area contributed by atoms with Crippen molar-refractivity contribution in [3.8, 4) is 5.75 Å². The van der Waals surface area contributed by atoms with Crippen molar-refractivity contribution in [2.75, 3.05) is 6.54 Å². The molecule has 0 radical (unpaired) electrons. The minimum Gasteiger partial charge on any atom is -0.489 e. The molecule has 0 aliphatic carbocycles. The van der Waals surface area contributed by atoms with Crippen LogP contribution in [0.3, 0.4) is 0 Å². The first kappa shape index (κ1) is 13.2. The van der Waals surface area contributed by atoms with Crippen LogP contribution >= 0.6 is 0 Å². The number of benzene rings is 2. The van der Waals surface area contributed by atoms with Crippen molar-refractivity contribution < 1.29 is 4.74 Å². The van der Waals surface area contributed by atoms with E-state index in [0.29, 0.717) is 6.04 Å². The van der Waals surface area contributed by atoms with E-state index in [1.807, 2.05) is 6.07 Å². The molecule has 3 rings (SSSR count). The topological polar surface area (TPSA) is 21.3 Å². The highest BCUT2D eigenvalue weighted by atomic mass is 16.5. The van der Waals surface area contributed by atoms with Gasteiger partial charge in [0.2, 0.25) is 0 Å². The summed E-state index contributed by atoms with van der Waals surface area (Å²) >= 11 is 0. The third-order valence-electron chi connectivity index (χ3n) is 3.95. The fourth-order valence-electron chi connectivity index (χ4n) is 2.69. The average molecular weight is 267 g/mol. The monoisotopic (exact) mass is 267 g/mol. The lowest BCUT2D eigenvalue weighted by Gasteiger charge is -2.27. The van der Waals surface area contributed by atoms with E-state index in [4.69, 9.17) is 4.74 Å². The molecule has 20 heavy (non-hydrogen) atoms. The average Bonchev–Trinajstić information content (AvgIpc) is 2.53. The number of para-hydroxylation sites is 1. The molecule has 0 fully saturated rings. The zero-order chi connectivity index (χ0) is 13.8. The van der Waals surface area contributed by atoms with Crippen molar-refractivity contribution in [2.24, 2.45) is 0 Å². The van der Waals surface area contributed by atoms with Gasteiger partial charge >= 0.3 is 0 Å². The summed E-state index contributed by atoms with van der Waals surface area (Å²) in [5.74, 6) is 1.05. The minimum absolute atomic E-state index is 0.274. The number of hydrogen-bond donors (Lipinski definition) is 1. The van der Waals surface area contributed by atoms with E-state index in [-0.39, 0.29) is 6.10 Å². The molecule has 0 saturated carbocycles. The summed E-state index contributed by atoms with van der Waals surface area (Å²) in [6, 6.07) is 19.3. The summed E-state index contributed by atoms with van der Waals surface area (Å²) in [5.41, 5.74) is 2.66. The molecule has 2 atom stereocenters. The van der Waals surface area contributed by atoms with Gasteiger partial charge in [0.25, 0.3) is 0 Å². The molecule has 0 aromatic heterocycles. The minimum atomic E-state index is 0.274. The molecule has 104 valence electrons. The quantitative estimate of drug-likeness (QED) is 0.911. The molecule has 1 N–H and O–H groups in total. The van der Waals surface area contributed by atoms with Gasteiger partial charge in [0, 0.05) is 12.6 Å². The van der Waals surface area contributed by atoms with Crippen molar-refractivity contribution in [1.82, 2.24) is 5.32 Å². The lowest BCUT2D eigenvalue weighted by Crippen LogP contribution is -2.35. The summed E-state index contributed by atoms with van der Waals surface area (Å²) in [6.45, 7) is 3.09. The van der Waals surface area contributed by atoms with Gasteiger partial charge in [-0.3, -0.25) is 0 Å². The molecule has 1 aliphatic rings. The number of fused-ring (bicyclic) bond motifs is 1. The Balaban J connectivity index is 1.55. The normalized spacial score (nSPS) is 18.9. The Bertz CT molecular complexity index is 552. The van der Waals surface area contributed by atoms with Crippen LogP contribution < -0.4 is 10.1 Å². The van der Waals surface area contributed by atoms with Crippen molar-refractivity contribution in [2.45, 2.75) is 31.9 Å². The van der Waals surface area contributed by atoms with E-state index in [1.165, 1.54) is 11.1 Å². The molecule has 0 spiro atoms. The van der Waals surface area contributed by atoms with Crippen LogP contribution in [-0.4, -0.2) is 12.6 Å². The van der Waals surface area contributed by atoms with E-state index in [2.05, 4.69) is 60.8 Å². The predicted octanol–water partition coefficient (Wildman–Crippen LogP) is 3.73. The predicted molar refractivity (Wildman–Crippen MR) is 82.0 cm³/mol. The van der Waals surface area contributed by atoms with Crippen LogP contribution in [0.25, 0.3) is 0 Å². The maximum Gasteiger partial charge on any atom is 0.122 e. The second-order valence-electron chi connectivity index (χ2n) is 5.43. The standard InChI is InChI=1S/C18H21NO/c1-14(15-7-3-2-4-8-15)19-13-17-12-11-16-9-5-6-10-18(16)20-17/h2-10,14,17,19H,11-13H2,1H3/t14-,17?/m1/s1. The number of ether oxygens (including phenoxy) is 1. The Morgan fingerprint density at radius 1 is 1.10 bits per heavy atom. The van der Waals surface area contributed by atoms with Gasteiger partial charge in [-0.05, 0) is 37.0 Å². The second-order valence-corrected chi connectivity index (χ2v) is 5.43. The van der Waals surface area contributed by atoms with Gasteiger partial charge < -0.3 is 10.1 Å². The van der Waals surface area contributed by atoms with E-state index >= 15 is 0 Å². The third-order valence-corrected chi connectivity index (χ3v) is 3.95. The summed E-state index contributed by atoms with van der Waals surface area (Å²) in [6.07, 6.45) is 2.48. The molecule has 0 bridgehead atoms. The third kappa shape index (κ3) is 3.02. The SMILES string of the molecule is C[C@@H](NCC1CCc2ccccc2O1)c1ccccc1. The number of hydrogen-bond acceptors (Lipinski definition) is 2.